The summed E-state index contributed by atoms with van der Waals surface area (Å²) in [7, 11) is 0. The first-order valence-electron chi connectivity index (χ1n) is 5.27. The van der Waals surface area contributed by atoms with Crippen molar-refractivity contribution in [2.45, 2.75) is 32.7 Å². The number of nitrogens with zero attached hydrogens (tertiary/aromatic N) is 1. The summed E-state index contributed by atoms with van der Waals surface area (Å²) in [6.07, 6.45) is 5.98. The quantitative estimate of drug-likeness (QED) is 0.529. The van der Waals surface area contributed by atoms with Gasteiger partial charge in [-0.05, 0) is 25.6 Å². The highest BCUT2D eigenvalue weighted by Crippen LogP contribution is 2.08. The molecule has 0 aliphatic rings. The van der Waals surface area contributed by atoms with Crippen LogP contribution in [-0.4, -0.2) is 21.9 Å². The van der Waals surface area contributed by atoms with E-state index in [-0.39, 0.29) is 6.04 Å². The van der Waals surface area contributed by atoms with E-state index in [9.17, 15) is 0 Å². The first-order valence-corrected chi connectivity index (χ1v) is 5.68. The largest absolute Gasteiger partial charge is 0.363 e. The molecule has 84 valence electrons. The molecule has 1 heterocycles. The average Bonchev–Trinajstić information content (AvgIpc) is 2.70. The van der Waals surface area contributed by atoms with E-state index in [0.717, 1.165) is 18.5 Å². The second-order valence-electron chi connectivity index (χ2n) is 3.51. The van der Waals surface area contributed by atoms with E-state index in [4.69, 9.17) is 12.2 Å². The Morgan fingerprint density at radius 1 is 1.67 bits per heavy atom. The van der Waals surface area contributed by atoms with Crippen LogP contribution < -0.4 is 10.6 Å². The first-order chi connectivity index (χ1) is 7.24. The molecule has 1 rings (SSSR count). The Labute approximate surface area is 95.8 Å². The number of aromatic amines is 1. The molecule has 0 radical (unpaired) electrons. The molecule has 0 aromatic carbocycles. The molecule has 4 nitrogen and oxygen atoms in total. The topological polar surface area (TPSA) is 52.7 Å². The molecule has 15 heavy (non-hydrogen) atoms. The van der Waals surface area contributed by atoms with Crippen LogP contribution in [0.15, 0.2) is 12.4 Å². The number of H-pyrrole nitrogens is 1. The van der Waals surface area contributed by atoms with Crippen LogP contribution in [0.5, 0.6) is 0 Å². The van der Waals surface area contributed by atoms with Gasteiger partial charge in [-0.25, -0.2) is 0 Å². The van der Waals surface area contributed by atoms with Crippen LogP contribution in [0.4, 0.5) is 0 Å². The molecular formula is C10H18N4S. The van der Waals surface area contributed by atoms with Crippen LogP contribution in [0.3, 0.4) is 0 Å². The number of rotatable bonds is 5. The SMILES string of the molecule is CCCCNC(=S)NC(C)c1cn[nH]c1. The highest BCUT2D eigenvalue weighted by atomic mass is 32.1. The molecule has 0 saturated carbocycles. The number of aromatic nitrogens is 2. The monoisotopic (exact) mass is 226 g/mol. The van der Waals surface area contributed by atoms with E-state index in [1.807, 2.05) is 6.20 Å². The van der Waals surface area contributed by atoms with Crippen LogP contribution in [-0.2, 0) is 0 Å². The Balaban J connectivity index is 2.26. The molecule has 3 N–H and O–H groups in total. The van der Waals surface area contributed by atoms with Gasteiger partial charge >= 0.3 is 0 Å². The molecule has 0 saturated heterocycles. The van der Waals surface area contributed by atoms with Gasteiger partial charge in [-0.15, -0.1) is 0 Å². The van der Waals surface area contributed by atoms with Crippen molar-refractivity contribution in [2.24, 2.45) is 0 Å². The van der Waals surface area contributed by atoms with Crippen LogP contribution in [0, 0.1) is 0 Å². The zero-order valence-corrected chi connectivity index (χ0v) is 10.0. The normalized spacial score (nSPS) is 12.1. The van der Waals surface area contributed by atoms with Crippen LogP contribution in [0.1, 0.15) is 38.3 Å². The summed E-state index contributed by atoms with van der Waals surface area (Å²) in [6, 6.07) is 0.186. The third kappa shape index (κ3) is 4.29. The van der Waals surface area contributed by atoms with Crippen molar-refractivity contribution in [1.29, 1.82) is 0 Å². The highest BCUT2D eigenvalue weighted by Gasteiger charge is 2.06. The molecule has 1 atom stereocenters. The lowest BCUT2D eigenvalue weighted by molar-refractivity contribution is 0.683. The Morgan fingerprint density at radius 2 is 2.47 bits per heavy atom. The molecule has 1 aromatic heterocycles. The maximum atomic E-state index is 5.16. The molecule has 1 aromatic rings. The summed E-state index contributed by atoms with van der Waals surface area (Å²) in [5, 5.41) is 13.8. The summed E-state index contributed by atoms with van der Waals surface area (Å²) in [6.45, 7) is 5.14. The van der Waals surface area contributed by atoms with Gasteiger partial charge < -0.3 is 10.6 Å². The zero-order chi connectivity index (χ0) is 11.1. The van der Waals surface area contributed by atoms with E-state index < -0.39 is 0 Å². The molecule has 0 amide bonds. The van der Waals surface area contributed by atoms with Crippen molar-refractivity contribution < 1.29 is 0 Å². The van der Waals surface area contributed by atoms with Crippen molar-refractivity contribution in [3.8, 4) is 0 Å². The number of unbranched alkanes of at least 4 members (excludes halogenated alkanes) is 1. The summed E-state index contributed by atoms with van der Waals surface area (Å²) in [5.41, 5.74) is 1.11. The second-order valence-corrected chi connectivity index (χ2v) is 3.92. The Morgan fingerprint density at radius 3 is 3.07 bits per heavy atom. The van der Waals surface area contributed by atoms with Gasteiger partial charge in [-0.1, -0.05) is 13.3 Å². The average molecular weight is 226 g/mol. The summed E-state index contributed by atoms with van der Waals surface area (Å²) >= 11 is 5.16. The van der Waals surface area contributed by atoms with E-state index in [2.05, 4.69) is 34.7 Å². The van der Waals surface area contributed by atoms with Gasteiger partial charge in [-0.2, -0.15) is 5.10 Å². The lowest BCUT2D eigenvalue weighted by atomic mass is 10.2. The second kappa shape index (κ2) is 6.40. The van der Waals surface area contributed by atoms with Crippen molar-refractivity contribution in [3.05, 3.63) is 18.0 Å². The fraction of sp³-hybridized carbons (Fsp3) is 0.600. The molecule has 0 aliphatic heterocycles. The van der Waals surface area contributed by atoms with Gasteiger partial charge in [0.05, 0.1) is 12.2 Å². The Bertz CT molecular complexity index is 284. The van der Waals surface area contributed by atoms with E-state index >= 15 is 0 Å². The molecule has 1 unspecified atom stereocenters. The standard InChI is InChI=1S/C10H18N4S/c1-3-4-5-11-10(15)14-8(2)9-6-12-13-7-9/h6-8H,3-5H2,1-2H3,(H,12,13)(H2,11,14,15). The maximum Gasteiger partial charge on any atom is 0.166 e. The predicted molar refractivity (Wildman–Crippen MR) is 65.6 cm³/mol. The van der Waals surface area contributed by atoms with Crippen molar-refractivity contribution >= 4 is 17.3 Å². The summed E-state index contributed by atoms with van der Waals surface area (Å²) in [4.78, 5) is 0. The minimum absolute atomic E-state index is 0.186. The molecule has 0 fully saturated rings. The van der Waals surface area contributed by atoms with Gasteiger partial charge in [-0.3, -0.25) is 5.10 Å². The smallest absolute Gasteiger partial charge is 0.166 e. The minimum Gasteiger partial charge on any atom is -0.363 e. The van der Waals surface area contributed by atoms with Gasteiger partial charge in [0.1, 0.15) is 0 Å². The minimum atomic E-state index is 0.186. The Kier molecular flexibility index (Phi) is 5.10. The van der Waals surface area contributed by atoms with Crippen LogP contribution >= 0.6 is 12.2 Å². The van der Waals surface area contributed by atoms with Crippen molar-refractivity contribution in [1.82, 2.24) is 20.8 Å². The predicted octanol–water partition coefficient (Wildman–Crippen LogP) is 1.73. The van der Waals surface area contributed by atoms with Gasteiger partial charge in [0.25, 0.3) is 0 Å². The van der Waals surface area contributed by atoms with E-state index in [0.29, 0.717) is 5.11 Å². The Hall–Kier alpha value is -1.10. The fourth-order valence-electron chi connectivity index (χ4n) is 1.21. The number of nitrogens with one attached hydrogen (secondary N) is 3. The number of hydrogen-bond donors (Lipinski definition) is 3. The number of thiocarbonyl (C=S) groups is 1. The third-order valence-corrected chi connectivity index (χ3v) is 2.45. The lowest BCUT2D eigenvalue weighted by Gasteiger charge is -2.15. The van der Waals surface area contributed by atoms with Gasteiger partial charge in [0.15, 0.2) is 5.11 Å². The van der Waals surface area contributed by atoms with Crippen LogP contribution in [0.25, 0.3) is 0 Å². The van der Waals surface area contributed by atoms with Gasteiger partial charge in [0, 0.05) is 18.3 Å². The molecule has 0 bridgehead atoms. The molecule has 5 heteroatoms. The maximum absolute atomic E-state index is 5.16. The number of hydrogen-bond acceptors (Lipinski definition) is 2. The molecular weight excluding hydrogens is 208 g/mol. The van der Waals surface area contributed by atoms with E-state index in [1.54, 1.807) is 6.20 Å². The molecule has 0 aliphatic carbocycles. The van der Waals surface area contributed by atoms with Gasteiger partial charge in [0.2, 0.25) is 0 Å². The molecule has 0 spiro atoms. The van der Waals surface area contributed by atoms with Crippen molar-refractivity contribution in [3.63, 3.8) is 0 Å². The summed E-state index contributed by atoms with van der Waals surface area (Å²) < 4.78 is 0. The highest BCUT2D eigenvalue weighted by molar-refractivity contribution is 7.80. The van der Waals surface area contributed by atoms with E-state index in [1.165, 1.54) is 6.42 Å². The zero-order valence-electron chi connectivity index (χ0n) is 9.21. The summed E-state index contributed by atoms with van der Waals surface area (Å²) in [5.74, 6) is 0. The fourth-order valence-corrected chi connectivity index (χ4v) is 1.49. The first kappa shape index (κ1) is 12.0. The third-order valence-electron chi connectivity index (χ3n) is 2.18. The lowest BCUT2D eigenvalue weighted by Crippen LogP contribution is -2.37. The van der Waals surface area contributed by atoms with Crippen molar-refractivity contribution in [2.75, 3.05) is 6.54 Å². The van der Waals surface area contributed by atoms with Crippen LogP contribution in [0.2, 0.25) is 0 Å².